The Morgan fingerprint density at radius 1 is 1.00 bits per heavy atom. The number of anilines is 1. The van der Waals surface area contributed by atoms with Crippen LogP contribution in [0.4, 0.5) is 10.1 Å². The lowest BCUT2D eigenvalue weighted by Crippen LogP contribution is -2.12. The third-order valence-electron chi connectivity index (χ3n) is 4.50. The quantitative estimate of drug-likeness (QED) is 0.523. The Bertz CT molecular complexity index is 1190. The lowest BCUT2D eigenvalue weighted by atomic mass is 10.1. The van der Waals surface area contributed by atoms with Crippen LogP contribution >= 0.6 is 0 Å². The number of hydrogen-bond donors (Lipinski definition) is 1. The molecule has 0 aliphatic heterocycles. The Hall–Kier alpha value is -3.87. The van der Waals surface area contributed by atoms with E-state index in [9.17, 15) is 9.18 Å². The molecular formula is C22H17FN2O4. The molecule has 4 aromatic rings. The van der Waals surface area contributed by atoms with Gasteiger partial charge in [0.05, 0.1) is 25.3 Å². The number of nitrogens with zero attached hydrogens (tertiary/aromatic N) is 1. The predicted molar refractivity (Wildman–Crippen MR) is 107 cm³/mol. The zero-order chi connectivity index (χ0) is 20.4. The van der Waals surface area contributed by atoms with Gasteiger partial charge in [0.15, 0.2) is 5.76 Å². The van der Waals surface area contributed by atoms with Gasteiger partial charge in [-0.05, 0) is 54.6 Å². The number of rotatable bonds is 5. The molecule has 6 nitrogen and oxygen atoms in total. The molecule has 0 fully saturated rings. The number of methoxy groups -OCH3 is 2. The van der Waals surface area contributed by atoms with Gasteiger partial charge in [-0.2, -0.15) is 0 Å². The molecule has 146 valence electrons. The molecule has 1 aromatic heterocycles. The molecule has 7 heteroatoms. The van der Waals surface area contributed by atoms with Crippen molar-refractivity contribution in [1.29, 1.82) is 0 Å². The number of aromatic nitrogens is 1. The van der Waals surface area contributed by atoms with Gasteiger partial charge in [0.1, 0.15) is 22.8 Å². The van der Waals surface area contributed by atoms with Crippen molar-refractivity contribution in [2.75, 3.05) is 19.5 Å². The Balaban J connectivity index is 1.68. The summed E-state index contributed by atoms with van der Waals surface area (Å²) >= 11 is 0. The first-order valence-corrected chi connectivity index (χ1v) is 8.78. The van der Waals surface area contributed by atoms with Crippen LogP contribution in [0.5, 0.6) is 11.5 Å². The van der Waals surface area contributed by atoms with E-state index < -0.39 is 0 Å². The molecule has 29 heavy (non-hydrogen) atoms. The van der Waals surface area contributed by atoms with Crippen molar-refractivity contribution in [1.82, 2.24) is 5.16 Å². The van der Waals surface area contributed by atoms with Gasteiger partial charge in [0, 0.05) is 17.2 Å². The first kappa shape index (κ1) is 18.5. The second kappa shape index (κ2) is 7.63. The highest BCUT2D eigenvalue weighted by Crippen LogP contribution is 2.31. The third kappa shape index (κ3) is 3.62. The van der Waals surface area contributed by atoms with E-state index >= 15 is 0 Å². The standard InChI is InChI=1S/C22H17FN2O4/c1-27-16-8-10-20(28-2)19(12-16)24-22(26)14-5-9-18-17(11-14)21(29-25-18)13-3-6-15(23)7-4-13/h3-12H,1-2H3,(H,24,26). The van der Waals surface area contributed by atoms with Crippen molar-refractivity contribution < 1.29 is 23.2 Å². The average molecular weight is 392 g/mol. The average Bonchev–Trinajstić information content (AvgIpc) is 3.17. The van der Waals surface area contributed by atoms with Gasteiger partial charge in [0.2, 0.25) is 0 Å². The van der Waals surface area contributed by atoms with E-state index in [1.165, 1.54) is 19.2 Å². The van der Waals surface area contributed by atoms with Gasteiger partial charge < -0.3 is 19.3 Å². The Labute approximate surface area is 165 Å². The SMILES string of the molecule is COc1ccc(OC)c(NC(=O)c2ccc3noc(-c4ccc(F)cc4)c3c2)c1. The molecule has 0 spiro atoms. The van der Waals surface area contributed by atoms with E-state index in [4.69, 9.17) is 14.0 Å². The highest BCUT2D eigenvalue weighted by atomic mass is 19.1. The van der Waals surface area contributed by atoms with Crippen LogP contribution in [0.3, 0.4) is 0 Å². The summed E-state index contributed by atoms with van der Waals surface area (Å²) in [5.74, 6) is 0.898. The summed E-state index contributed by atoms with van der Waals surface area (Å²) in [6.07, 6.45) is 0. The van der Waals surface area contributed by atoms with Gasteiger partial charge >= 0.3 is 0 Å². The minimum absolute atomic E-state index is 0.329. The van der Waals surface area contributed by atoms with Crippen molar-refractivity contribution in [3.63, 3.8) is 0 Å². The Morgan fingerprint density at radius 3 is 2.52 bits per heavy atom. The van der Waals surface area contributed by atoms with Crippen molar-refractivity contribution in [2.45, 2.75) is 0 Å². The maximum atomic E-state index is 13.2. The summed E-state index contributed by atoms with van der Waals surface area (Å²) in [5, 5.41) is 7.50. The van der Waals surface area contributed by atoms with Crippen molar-refractivity contribution in [2.24, 2.45) is 0 Å². The second-order valence-corrected chi connectivity index (χ2v) is 6.27. The summed E-state index contributed by atoms with van der Waals surface area (Å²) in [6, 6.07) is 16.1. The maximum absolute atomic E-state index is 13.2. The van der Waals surface area contributed by atoms with E-state index in [0.29, 0.717) is 45.0 Å². The molecule has 0 unspecified atom stereocenters. The van der Waals surface area contributed by atoms with Gasteiger partial charge in [-0.15, -0.1) is 0 Å². The summed E-state index contributed by atoms with van der Waals surface area (Å²) in [6.45, 7) is 0. The van der Waals surface area contributed by atoms with Crippen LogP contribution in [0, 0.1) is 5.82 Å². The number of halogens is 1. The highest BCUT2D eigenvalue weighted by Gasteiger charge is 2.16. The topological polar surface area (TPSA) is 73.6 Å². The van der Waals surface area contributed by atoms with E-state index in [2.05, 4.69) is 10.5 Å². The minimum Gasteiger partial charge on any atom is -0.497 e. The third-order valence-corrected chi connectivity index (χ3v) is 4.50. The molecule has 1 heterocycles. The molecule has 0 aliphatic rings. The summed E-state index contributed by atoms with van der Waals surface area (Å²) in [7, 11) is 3.07. The lowest BCUT2D eigenvalue weighted by Gasteiger charge is -2.12. The minimum atomic E-state index is -0.343. The number of carbonyl (C=O) groups excluding carboxylic acids is 1. The van der Waals surface area contributed by atoms with Crippen molar-refractivity contribution >= 4 is 22.5 Å². The van der Waals surface area contributed by atoms with Crippen LogP contribution in [-0.2, 0) is 0 Å². The molecule has 4 rings (SSSR count). The van der Waals surface area contributed by atoms with Crippen LogP contribution < -0.4 is 14.8 Å². The summed E-state index contributed by atoms with van der Waals surface area (Å²) in [5.41, 5.74) is 2.16. The fourth-order valence-electron chi connectivity index (χ4n) is 3.00. The van der Waals surface area contributed by atoms with Gasteiger partial charge in [-0.25, -0.2) is 4.39 Å². The molecule has 0 aliphatic carbocycles. The normalized spacial score (nSPS) is 10.7. The molecule has 1 N–H and O–H groups in total. The number of nitrogens with one attached hydrogen (secondary N) is 1. The fraction of sp³-hybridized carbons (Fsp3) is 0.0909. The second-order valence-electron chi connectivity index (χ2n) is 6.27. The molecule has 0 atom stereocenters. The molecule has 1 amide bonds. The first-order chi connectivity index (χ1) is 14.1. The van der Waals surface area contributed by atoms with E-state index in [0.717, 1.165) is 0 Å². The van der Waals surface area contributed by atoms with Gasteiger partial charge in [-0.3, -0.25) is 4.79 Å². The van der Waals surface area contributed by atoms with Crippen molar-refractivity contribution in [3.05, 3.63) is 72.0 Å². The van der Waals surface area contributed by atoms with Crippen LogP contribution in [0.15, 0.2) is 65.2 Å². The van der Waals surface area contributed by atoms with E-state index in [1.807, 2.05) is 0 Å². The number of hydrogen-bond acceptors (Lipinski definition) is 5. The maximum Gasteiger partial charge on any atom is 0.255 e. The van der Waals surface area contributed by atoms with E-state index in [-0.39, 0.29) is 11.7 Å². The van der Waals surface area contributed by atoms with Gasteiger partial charge in [-0.1, -0.05) is 5.16 Å². The largest absolute Gasteiger partial charge is 0.497 e. The van der Waals surface area contributed by atoms with E-state index in [1.54, 1.807) is 55.6 Å². The first-order valence-electron chi connectivity index (χ1n) is 8.78. The van der Waals surface area contributed by atoms with Crippen LogP contribution in [-0.4, -0.2) is 25.3 Å². The molecule has 0 bridgehead atoms. The van der Waals surface area contributed by atoms with Crippen molar-refractivity contribution in [3.8, 4) is 22.8 Å². The monoisotopic (exact) mass is 392 g/mol. The summed E-state index contributed by atoms with van der Waals surface area (Å²) < 4.78 is 29.1. The molecule has 0 radical (unpaired) electrons. The zero-order valence-electron chi connectivity index (χ0n) is 15.7. The zero-order valence-corrected chi connectivity index (χ0v) is 15.7. The Morgan fingerprint density at radius 2 is 1.79 bits per heavy atom. The predicted octanol–water partition coefficient (Wildman–Crippen LogP) is 4.90. The molecule has 0 saturated carbocycles. The number of amides is 1. The number of carbonyl (C=O) groups is 1. The fourth-order valence-corrected chi connectivity index (χ4v) is 3.00. The van der Waals surface area contributed by atoms with Crippen LogP contribution in [0.1, 0.15) is 10.4 Å². The number of ether oxygens (including phenoxy) is 2. The Kier molecular flexibility index (Phi) is 4.87. The number of benzene rings is 3. The smallest absolute Gasteiger partial charge is 0.255 e. The van der Waals surface area contributed by atoms with Crippen LogP contribution in [0.25, 0.3) is 22.2 Å². The summed E-state index contributed by atoms with van der Waals surface area (Å²) in [4.78, 5) is 12.8. The van der Waals surface area contributed by atoms with Crippen LogP contribution in [0.2, 0.25) is 0 Å². The van der Waals surface area contributed by atoms with Gasteiger partial charge in [0.25, 0.3) is 5.91 Å². The lowest BCUT2D eigenvalue weighted by molar-refractivity contribution is 0.102. The number of fused-ring (bicyclic) bond motifs is 1. The molecular weight excluding hydrogens is 375 g/mol. The molecule has 3 aromatic carbocycles. The molecule has 0 saturated heterocycles. The highest BCUT2D eigenvalue weighted by molar-refractivity contribution is 6.08.